The van der Waals surface area contributed by atoms with Crippen LogP contribution in [0.2, 0.25) is 0 Å². The highest BCUT2D eigenvalue weighted by molar-refractivity contribution is 14.0. The first-order valence-corrected chi connectivity index (χ1v) is 8.99. The number of benzene rings is 1. The lowest BCUT2D eigenvalue weighted by Crippen LogP contribution is -2.38. The van der Waals surface area contributed by atoms with Crippen LogP contribution in [0.5, 0.6) is 0 Å². The molecule has 0 radical (unpaired) electrons. The molecule has 0 bridgehead atoms. The largest absolute Gasteiger partial charge is 0.357 e. The number of unbranched alkanes of at least 4 members (excludes halogenated alkanes) is 1. The van der Waals surface area contributed by atoms with Crippen molar-refractivity contribution in [2.45, 2.75) is 32.9 Å². The molecule has 7 heteroatoms. The van der Waals surface area contributed by atoms with Gasteiger partial charge in [0.2, 0.25) is 5.56 Å². The Bertz CT molecular complexity index is 761. The number of guanidine groups is 1. The number of nitrogens with zero attached hydrogens (tertiary/aromatic N) is 3. The Morgan fingerprint density at radius 1 is 1.19 bits per heavy atom. The van der Waals surface area contributed by atoms with Gasteiger partial charge in [0.1, 0.15) is 5.82 Å². The van der Waals surface area contributed by atoms with Crippen LogP contribution in [0.25, 0.3) is 0 Å². The van der Waals surface area contributed by atoms with E-state index in [1.807, 2.05) is 31.1 Å². The summed E-state index contributed by atoms with van der Waals surface area (Å²) in [7, 11) is 1.97. The Morgan fingerprint density at radius 2 is 1.93 bits per heavy atom. The number of rotatable bonds is 8. The smallest absolute Gasteiger partial charge is 0.250 e. The van der Waals surface area contributed by atoms with E-state index in [9.17, 15) is 9.18 Å². The van der Waals surface area contributed by atoms with Crippen molar-refractivity contribution >= 4 is 29.9 Å². The Kier molecular flexibility index (Phi) is 10.7. The van der Waals surface area contributed by atoms with Crippen LogP contribution in [0.15, 0.2) is 58.4 Å². The van der Waals surface area contributed by atoms with Gasteiger partial charge in [0.25, 0.3) is 0 Å². The summed E-state index contributed by atoms with van der Waals surface area (Å²) in [5.41, 5.74) is 1.06. The van der Waals surface area contributed by atoms with Gasteiger partial charge >= 0.3 is 0 Å². The van der Waals surface area contributed by atoms with Crippen molar-refractivity contribution in [3.63, 3.8) is 0 Å². The first kappa shape index (κ1) is 23.1. The summed E-state index contributed by atoms with van der Waals surface area (Å²) in [6.45, 7) is 4.87. The van der Waals surface area contributed by atoms with Gasteiger partial charge in [0, 0.05) is 45.5 Å². The maximum Gasteiger partial charge on any atom is 0.250 e. The molecule has 0 aliphatic carbocycles. The van der Waals surface area contributed by atoms with Crippen LogP contribution in [0.1, 0.15) is 25.3 Å². The van der Waals surface area contributed by atoms with Crippen LogP contribution >= 0.6 is 24.0 Å². The maximum absolute atomic E-state index is 13.0. The van der Waals surface area contributed by atoms with Crippen molar-refractivity contribution in [2.24, 2.45) is 4.99 Å². The summed E-state index contributed by atoms with van der Waals surface area (Å²) < 4.78 is 14.7. The highest BCUT2D eigenvalue weighted by Gasteiger charge is 2.06. The third-order valence-corrected chi connectivity index (χ3v) is 4.00. The van der Waals surface area contributed by atoms with E-state index in [1.165, 1.54) is 12.1 Å². The average molecular weight is 486 g/mol. The molecule has 1 heterocycles. The minimum atomic E-state index is -0.227. The number of pyridine rings is 1. The number of halogens is 2. The van der Waals surface area contributed by atoms with Gasteiger partial charge in [-0.2, -0.15) is 0 Å². The molecule has 0 amide bonds. The number of aromatic nitrogens is 1. The molecule has 0 saturated carbocycles. The molecule has 0 spiro atoms. The maximum atomic E-state index is 13.0. The molecule has 1 aromatic heterocycles. The second-order valence-electron chi connectivity index (χ2n) is 6.16. The van der Waals surface area contributed by atoms with Crippen LogP contribution in [-0.2, 0) is 13.1 Å². The Balaban J connectivity index is 0.00000364. The summed E-state index contributed by atoms with van der Waals surface area (Å²) >= 11 is 0. The molecule has 148 valence electrons. The molecule has 0 saturated heterocycles. The van der Waals surface area contributed by atoms with Gasteiger partial charge in [0.05, 0.1) is 0 Å². The van der Waals surface area contributed by atoms with Crippen molar-refractivity contribution in [3.05, 3.63) is 70.4 Å². The predicted molar refractivity (Wildman–Crippen MR) is 119 cm³/mol. The summed E-state index contributed by atoms with van der Waals surface area (Å²) in [5.74, 6) is 0.600. The van der Waals surface area contributed by atoms with E-state index in [1.54, 1.807) is 28.8 Å². The normalized spacial score (nSPS) is 11.0. The van der Waals surface area contributed by atoms with E-state index in [4.69, 9.17) is 0 Å². The van der Waals surface area contributed by atoms with Gasteiger partial charge in [0.15, 0.2) is 5.96 Å². The molecule has 1 aromatic carbocycles. The van der Waals surface area contributed by atoms with Gasteiger partial charge in [-0.3, -0.25) is 9.79 Å². The van der Waals surface area contributed by atoms with Crippen LogP contribution in [-0.4, -0.2) is 35.6 Å². The number of hydrogen-bond acceptors (Lipinski definition) is 2. The number of aryl methyl sites for hydroxylation is 1. The van der Waals surface area contributed by atoms with Crippen molar-refractivity contribution in [3.8, 4) is 0 Å². The van der Waals surface area contributed by atoms with Gasteiger partial charge in [-0.25, -0.2) is 4.39 Å². The molecule has 2 aromatic rings. The predicted octanol–water partition coefficient (Wildman–Crippen LogP) is 3.48. The van der Waals surface area contributed by atoms with Crippen LogP contribution in [0.4, 0.5) is 4.39 Å². The van der Waals surface area contributed by atoms with Crippen molar-refractivity contribution in [1.29, 1.82) is 0 Å². The van der Waals surface area contributed by atoms with Crippen LogP contribution in [0.3, 0.4) is 0 Å². The van der Waals surface area contributed by atoms with Crippen LogP contribution < -0.4 is 10.9 Å². The number of aliphatic imine (C=N–C) groups is 1. The average Bonchev–Trinajstić information content (AvgIpc) is 2.64. The topological polar surface area (TPSA) is 49.6 Å². The van der Waals surface area contributed by atoms with E-state index < -0.39 is 0 Å². The highest BCUT2D eigenvalue weighted by Crippen LogP contribution is 2.06. The zero-order valence-electron chi connectivity index (χ0n) is 15.9. The monoisotopic (exact) mass is 486 g/mol. The summed E-state index contributed by atoms with van der Waals surface area (Å²) in [4.78, 5) is 18.3. The lowest BCUT2D eigenvalue weighted by Gasteiger charge is -2.22. The second-order valence-corrected chi connectivity index (χ2v) is 6.16. The SMILES string of the molecule is CCNC(=NCCCCn1ccccc1=O)N(C)Cc1ccc(F)cc1.I. The molecule has 0 atom stereocenters. The third kappa shape index (κ3) is 8.11. The molecular formula is C20H28FIN4O. The zero-order valence-corrected chi connectivity index (χ0v) is 18.2. The van der Waals surface area contributed by atoms with Gasteiger partial charge in [-0.1, -0.05) is 18.2 Å². The first-order valence-electron chi connectivity index (χ1n) is 8.99. The lowest BCUT2D eigenvalue weighted by atomic mass is 10.2. The third-order valence-electron chi connectivity index (χ3n) is 4.00. The summed E-state index contributed by atoms with van der Waals surface area (Å²) in [5, 5.41) is 3.28. The number of hydrogen-bond donors (Lipinski definition) is 1. The summed E-state index contributed by atoms with van der Waals surface area (Å²) in [6, 6.07) is 11.7. The van der Waals surface area contributed by atoms with Crippen molar-refractivity contribution in [1.82, 2.24) is 14.8 Å². The van der Waals surface area contributed by atoms with E-state index in [0.717, 1.165) is 30.9 Å². The molecule has 27 heavy (non-hydrogen) atoms. The fourth-order valence-corrected chi connectivity index (χ4v) is 2.63. The van der Waals surface area contributed by atoms with Crippen molar-refractivity contribution < 1.29 is 4.39 Å². The molecule has 0 aliphatic heterocycles. The molecule has 0 aliphatic rings. The van der Waals surface area contributed by atoms with E-state index in [0.29, 0.717) is 19.6 Å². The Hall–Kier alpha value is -1.90. The Labute approximate surface area is 177 Å². The zero-order chi connectivity index (χ0) is 18.8. The second kappa shape index (κ2) is 12.5. The quantitative estimate of drug-likeness (QED) is 0.269. The molecular weight excluding hydrogens is 458 g/mol. The van der Waals surface area contributed by atoms with Gasteiger partial charge < -0.3 is 14.8 Å². The molecule has 2 rings (SSSR count). The van der Waals surface area contributed by atoms with E-state index >= 15 is 0 Å². The standard InChI is InChI=1S/C20H27FN4O.HI/c1-3-22-20(24(2)16-17-9-11-18(21)12-10-17)23-13-5-7-15-25-14-6-4-8-19(25)26;/h4,6,8-12,14H,3,5,7,13,15-16H2,1-2H3,(H,22,23);1H. The summed E-state index contributed by atoms with van der Waals surface area (Å²) in [6.07, 6.45) is 3.61. The van der Waals surface area contributed by atoms with Crippen molar-refractivity contribution in [2.75, 3.05) is 20.1 Å². The fraction of sp³-hybridized carbons (Fsp3) is 0.400. The van der Waals surface area contributed by atoms with Gasteiger partial charge in [-0.05, 0) is 43.5 Å². The fourth-order valence-electron chi connectivity index (χ4n) is 2.63. The lowest BCUT2D eigenvalue weighted by molar-refractivity contribution is 0.475. The minimum Gasteiger partial charge on any atom is -0.357 e. The molecule has 1 N–H and O–H groups in total. The van der Waals surface area contributed by atoms with E-state index in [2.05, 4.69) is 10.3 Å². The van der Waals surface area contributed by atoms with Crippen LogP contribution in [0, 0.1) is 5.82 Å². The molecule has 0 unspecified atom stereocenters. The number of nitrogens with one attached hydrogen (secondary N) is 1. The Morgan fingerprint density at radius 3 is 2.59 bits per heavy atom. The molecule has 0 fully saturated rings. The minimum absolute atomic E-state index is 0. The molecule has 5 nitrogen and oxygen atoms in total. The van der Waals surface area contributed by atoms with Gasteiger partial charge in [-0.15, -0.1) is 24.0 Å². The first-order chi connectivity index (χ1) is 12.6. The van der Waals surface area contributed by atoms with E-state index in [-0.39, 0.29) is 35.4 Å². The highest BCUT2D eigenvalue weighted by atomic mass is 127.